The zero-order chi connectivity index (χ0) is 27.0. The Hall–Kier alpha value is -5.10. The third-order valence-corrected chi connectivity index (χ3v) is 6.67. The third-order valence-electron chi connectivity index (χ3n) is 6.67. The van der Waals surface area contributed by atoms with Crippen LogP contribution < -0.4 is 9.47 Å². The minimum atomic E-state index is 0.623. The Kier molecular flexibility index (Phi) is 7.67. The predicted molar refractivity (Wildman–Crippen MR) is 164 cm³/mol. The number of ether oxygens (including phenoxy) is 2. The number of fused-ring (bicyclic) bond motifs is 2. The monoisotopic (exact) mass is 526 g/mol. The van der Waals surface area contributed by atoms with Crippen LogP contribution in [-0.4, -0.2) is 35.6 Å². The minimum Gasteiger partial charge on any atom is -0.494 e. The summed E-state index contributed by atoms with van der Waals surface area (Å²) in [4.78, 5) is 15.7. The van der Waals surface area contributed by atoms with E-state index in [0.29, 0.717) is 13.2 Å². The smallest absolute Gasteiger partial charge is 0.120 e. The molecule has 6 aromatic rings. The Morgan fingerprint density at radius 1 is 0.550 bits per heavy atom. The Labute approximate surface area is 233 Å². The number of nitrogens with one attached hydrogen (secondary N) is 2. The van der Waals surface area contributed by atoms with Gasteiger partial charge in [0.1, 0.15) is 11.5 Å². The largest absolute Gasteiger partial charge is 0.494 e. The molecule has 2 heterocycles. The maximum absolute atomic E-state index is 6.07. The van der Waals surface area contributed by atoms with Crippen LogP contribution in [-0.2, 0) is 0 Å². The Morgan fingerprint density at radius 2 is 1.05 bits per heavy atom. The molecule has 0 bridgehead atoms. The fraction of sp³-hybridized carbons (Fsp3) is 0.118. The summed E-state index contributed by atoms with van der Waals surface area (Å²) in [5.74, 6) is 1.69. The maximum atomic E-state index is 6.07. The second-order valence-corrected chi connectivity index (χ2v) is 9.49. The lowest BCUT2D eigenvalue weighted by Crippen LogP contribution is -2.02. The molecule has 0 amide bonds. The molecule has 198 valence electrons. The van der Waals surface area contributed by atoms with Crippen LogP contribution in [0.3, 0.4) is 0 Å². The summed E-state index contributed by atoms with van der Waals surface area (Å²) in [6.45, 7) is 1.25. The average Bonchev–Trinajstić information content (AvgIpc) is 3.71. The van der Waals surface area contributed by atoms with Crippen molar-refractivity contribution in [2.75, 3.05) is 13.2 Å². The number of unbranched alkanes of at least 4 members (excludes halogenated alkanes) is 1. The van der Waals surface area contributed by atoms with Crippen LogP contribution >= 0.6 is 0 Å². The normalized spacial score (nSPS) is 11.7. The highest BCUT2D eigenvalue weighted by molar-refractivity contribution is 5.96. The Balaban J connectivity index is 1.02. The van der Waals surface area contributed by atoms with Gasteiger partial charge in [0.25, 0.3) is 0 Å². The molecule has 0 unspecified atom stereocenters. The number of benzene rings is 4. The summed E-state index contributed by atoms with van der Waals surface area (Å²) in [6, 6.07) is 32.5. The van der Waals surface area contributed by atoms with E-state index in [1.807, 2.05) is 85.5 Å². The van der Waals surface area contributed by atoms with E-state index in [1.165, 1.54) is 0 Å². The van der Waals surface area contributed by atoms with Crippen molar-refractivity contribution in [2.45, 2.75) is 12.8 Å². The molecule has 0 radical (unpaired) electrons. The van der Waals surface area contributed by atoms with Crippen molar-refractivity contribution in [2.24, 2.45) is 9.98 Å². The summed E-state index contributed by atoms with van der Waals surface area (Å²) in [5.41, 5.74) is 3.77. The van der Waals surface area contributed by atoms with Gasteiger partial charge in [-0.1, -0.05) is 36.4 Å². The molecule has 0 atom stereocenters. The second kappa shape index (κ2) is 12.2. The lowest BCUT2D eigenvalue weighted by atomic mass is 10.1. The number of H-pyrrole nitrogens is 2. The van der Waals surface area contributed by atoms with E-state index in [0.717, 1.165) is 68.6 Å². The fourth-order valence-electron chi connectivity index (χ4n) is 4.59. The molecular formula is C34H30N4O2. The van der Waals surface area contributed by atoms with Gasteiger partial charge in [0.2, 0.25) is 0 Å². The van der Waals surface area contributed by atoms with Gasteiger partial charge in [0.15, 0.2) is 0 Å². The Morgan fingerprint density at radius 3 is 1.50 bits per heavy atom. The lowest BCUT2D eigenvalue weighted by molar-refractivity contribution is 0.267. The van der Waals surface area contributed by atoms with Gasteiger partial charge in [0.05, 0.1) is 48.4 Å². The highest BCUT2D eigenvalue weighted by Gasteiger charge is 2.05. The predicted octanol–water partition coefficient (Wildman–Crippen LogP) is 8.39. The average molecular weight is 527 g/mol. The zero-order valence-electron chi connectivity index (χ0n) is 22.1. The summed E-state index contributed by atoms with van der Waals surface area (Å²) in [7, 11) is 0. The molecule has 0 fully saturated rings. The number of hydrogen-bond acceptors (Lipinski definition) is 4. The van der Waals surface area contributed by atoms with Crippen molar-refractivity contribution in [3.63, 3.8) is 0 Å². The lowest BCUT2D eigenvalue weighted by Gasteiger charge is -2.10. The number of nitrogens with zero attached hydrogens (tertiary/aromatic N) is 2. The van der Waals surface area contributed by atoms with E-state index >= 15 is 0 Å². The Bertz CT molecular complexity index is 1620. The van der Waals surface area contributed by atoms with Crippen LogP contribution in [0.25, 0.3) is 21.5 Å². The first-order valence-corrected chi connectivity index (χ1v) is 13.5. The molecular weight excluding hydrogens is 496 g/mol. The minimum absolute atomic E-state index is 0.623. The van der Waals surface area contributed by atoms with Crippen LogP contribution in [0.2, 0.25) is 0 Å². The molecule has 0 aliphatic heterocycles. The fourth-order valence-corrected chi connectivity index (χ4v) is 4.59. The molecule has 4 aromatic carbocycles. The first-order valence-electron chi connectivity index (χ1n) is 13.5. The quantitative estimate of drug-likeness (QED) is 0.131. The van der Waals surface area contributed by atoms with Gasteiger partial charge in [0, 0.05) is 23.2 Å². The SMILES string of the molecule is C(=Nc1cccc2ccc(OCCCCOc3ccc4cccc(N=Cc5ccc[nH]5)c4c3)cc12)c1ccc[nH]1. The molecule has 6 rings (SSSR count). The standard InChI is InChI=1S/C34H30N4O2/c1(19-39-29-15-13-25-7-3-11-33(31(25)21-29)37-23-27-9-5-17-35-27)2-20-40-30-16-14-26-8-4-12-34(32(26)22-30)38-24-28-10-6-18-36-28/h3-18,21-24,35-36H,1-2,19-20H2. The first-order chi connectivity index (χ1) is 19.8. The van der Waals surface area contributed by atoms with E-state index in [-0.39, 0.29) is 0 Å². The van der Waals surface area contributed by atoms with Gasteiger partial charge < -0.3 is 19.4 Å². The molecule has 0 aliphatic rings. The van der Waals surface area contributed by atoms with Gasteiger partial charge in [-0.3, -0.25) is 9.98 Å². The number of aromatic nitrogens is 2. The molecule has 0 saturated heterocycles. The summed E-state index contributed by atoms with van der Waals surface area (Å²) in [5, 5.41) is 4.41. The van der Waals surface area contributed by atoms with E-state index in [2.05, 4.69) is 56.4 Å². The van der Waals surface area contributed by atoms with Gasteiger partial charge in [-0.15, -0.1) is 0 Å². The molecule has 0 spiro atoms. The summed E-state index contributed by atoms with van der Waals surface area (Å²) < 4.78 is 12.1. The molecule has 6 nitrogen and oxygen atoms in total. The summed E-state index contributed by atoms with van der Waals surface area (Å²) >= 11 is 0. The van der Waals surface area contributed by atoms with Crippen LogP contribution in [0.5, 0.6) is 11.5 Å². The van der Waals surface area contributed by atoms with Crippen molar-refractivity contribution in [1.82, 2.24) is 9.97 Å². The van der Waals surface area contributed by atoms with Gasteiger partial charge in [-0.2, -0.15) is 0 Å². The second-order valence-electron chi connectivity index (χ2n) is 9.49. The maximum Gasteiger partial charge on any atom is 0.120 e. The summed E-state index contributed by atoms with van der Waals surface area (Å²) in [6.07, 6.45) is 9.25. The molecule has 2 aromatic heterocycles. The topological polar surface area (TPSA) is 74.8 Å². The van der Waals surface area contributed by atoms with Crippen LogP contribution in [0.4, 0.5) is 11.4 Å². The van der Waals surface area contributed by atoms with E-state index in [4.69, 9.17) is 9.47 Å². The number of aliphatic imine (C=N–C) groups is 2. The van der Waals surface area contributed by atoms with Gasteiger partial charge in [-0.25, -0.2) is 0 Å². The van der Waals surface area contributed by atoms with Crippen LogP contribution in [0, 0.1) is 0 Å². The molecule has 40 heavy (non-hydrogen) atoms. The van der Waals surface area contributed by atoms with Gasteiger partial charge >= 0.3 is 0 Å². The number of hydrogen-bond donors (Lipinski definition) is 2. The number of rotatable bonds is 11. The van der Waals surface area contributed by atoms with Crippen molar-refractivity contribution >= 4 is 45.3 Å². The van der Waals surface area contributed by atoms with E-state index < -0.39 is 0 Å². The first kappa shape index (κ1) is 25.2. The van der Waals surface area contributed by atoms with E-state index in [9.17, 15) is 0 Å². The molecule has 0 saturated carbocycles. The molecule has 6 heteroatoms. The molecule has 2 N–H and O–H groups in total. The zero-order valence-corrected chi connectivity index (χ0v) is 22.1. The van der Waals surface area contributed by atoms with E-state index in [1.54, 1.807) is 0 Å². The van der Waals surface area contributed by atoms with Crippen molar-refractivity contribution in [1.29, 1.82) is 0 Å². The highest BCUT2D eigenvalue weighted by atomic mass is 16.5. The van der Waals surface area contributed by atoms with Crippen molar-refractivity contribution in [3.8, 4) is 11.5 Å². The molecule has 0 aliphatic carbocycles. The third kappa shape index (κ3) is 6.13. The van der Waals surface area contributed by atoms with Crippen molar-refractivity contribution in [3.05, 3.63) is 121 Å². The highest BCUT2D eigenvalue weighted by Crippen LogP contribution is 2.31. The van der Waals surface area contributed by atoms with Crippen molar-refractivity contribution < 1.29 is 9.47 Å². The van der Waals surface area contributed by atoms with Crippen LogP contribution in [0.15, 0.2) is 119 Å². The number of aromatic amines is 2. The van der Waals surface area contributed by atoms with Gasteiger partial charge in [-0.05, 0) is 84.3 Å². The van der Waals surface area contributed by atoms with Crippen LogP contribution in [0.1, 0.15) is 24.2 Å².